The van der Waals surface area contributed by atoms with Gasteiger partial charge in [0.2, 0.25) is 11.7 Å². The molecule has 2 aromatic carbocycles. The normalized spacial score (nSPS) is 13.7. The third kappa shape index (κ3) is 3.52. The van der Waals surface area contributed by atoms with Crippen LogP contribution in [0, 0.1) is 0 Å². The predicted octanol–water partition coefficient (Wildman–Crippen LogP) is 5.17. The highest BCUT2D eigenvalue weighted by molar-refractivity contribution is 6.42. The second-order valence-corrected chi connectivity index (χ2v) is 6.71. The van der Waals surface area contributed by atoms with Crippen molar-refractivity contribution in [3.63, 3.8) is 0 Å². The van der Waals surface area contributed by atoms with Crippen molar-refractivity contribution in [3.8, 4) is 11.4 Å². The van der Waals surface area contributed by atoms with Gasteiger partial charge in [0.25, 0.3) is 5.91 Å². The van der Waals surface area contributed by atoms with E-state index in [1.165, 1.54) is 6.07 Å². The van der Waals surface area contributed by atoms with Crippen LogP contribution in [-0.2, 0) is 0 Å². The number of nitrogens with zero attached hydrogens (tertiary/aromatic N) is 2. The number of hydrogen-bond donors (Lipinski definition) is 1. The molecule has 1 fully saturated rings. The Bertz CT molecular complexity index is 951. The average Bonchev–Trinajstić information content (AvgIpc) is 3.34. The van der Waals surface area contributed by atoms with Crippen molar-refractivity contribution >= 4 is 34.8 Å². The number of benzene rings is 2. The molecule has 3 aromatic rings. The standard InChI is InChI=1S/C18H13Cl2N3O2/c19-14-7-6-12(9-15(14)20)17(24)21-13-3-1-2-11(8-13)16-22-18(25-23-16)10-4-5-10/h1-3,6-10H,4-5H2,(H,21,24). The molecular formula is C18H13Cl2N3O2. The summed E-state index contributed by atoms with van der Waals surface area (Å²) in [6, 6.07) is 12.0. The fourth-order valence-corrected chi connectivity index (χ4v) is 2.72. The van der Waals surface area contributed by atoms with Gasteiger partial charge in [-0.25, -0.2) is 0 Å². The highest BCUT2D eigenvalue weighted by Gasteiger charge is 2.29. The summed E-state index contributed by atoms with van der Waals surface area (Å²) < 4.78 is 5.28. The van der Waals surface area contributed by atoms with Gasteiger partial charge in [-0.05, 0) is 43.2 Å². The molecule has 1 amide bonds. The van der Waals surface area contributed by atoms with E-state index in [0.29, 0.717) is 38.9 Å². The first kappa shape index (κ1) is 16.1. The Morgan fingerprint density at radius 2 is 1.96 bits per heavy atom. The molecule has 0 saturated heterocycles. The number of halogens is 2. The monoisotopic (exact) mass is 373 g/mol. The second kappa shape index (κ2) is 6.50. The summed E-state index contributed by atoms with van der Waals surface area (Å²) in [7, 11) is 0. The number of carbonyl (C=O) groups excluding carboxylic acids is 1. The van der Waals surface area contributed by atoms with Gasteiger partial charge in [-0.1, -0.05) is 40.5 Å². The number of aromatic nitrogens is 2. The Balaban J connectivity index is 1.54. The van der Waals surface area contributed by atoms with E-state index in [1.807, 2.05) is 12.1 Å². The summed E-state index contributed by atoms with van der Waals surface area (Å²) in [6.45, 7) is 0. The topological polar surface area (TPSA) is 68.0 Å². The third-order valence-corrected chi connectivity index (χ3v) is 4.67. The van der Waals surface area contributed by atoms with E-state index < -0.39 is 0 Å². The summed E-state index contributed by atoms with van der Waals surface area (Å²) in [5.41, 5.74) is 1.84. The van der Waals surface area contributed by atoms with Crippen LogP contribution in [0.15, 0.2) is 47.0 Å². The van der Waals surface area contributed by atoms with Crippen LogP contribution in [0.4, 0.5) is 5.69 Å². The molecule has 1 N–H and O–H groups in total. The molecule has 0 aliphatic heterocycles. The summed E-state index contributed by atoms with van der Waals surface area (Å²) >= 11 is 11.8. The predicted molar refractivity (Wildman–Crippen MR) is 96.1 cm³/mol. The lowest BCUT2D eigenvalue weighted by atomic mass is 10.1. The molecule has 25 heavy (non-hydrogen) atoms. The van der Waals surface area contributed by atoms with Crippen LogP contribution >= 0.6 is 23.2 Å². The van der Waals surface area contributed by atoms with Crippen molar-refractivity contribution in [1.82, 2.24) is 10.1 Å². The van der Waals surface area contributed by atoms with Crippen molar-refractivity contribution in [1.29, 1.82) is 0 Å². The highest BCUT2D eigenvalue weighted by atomic mass is 35.5. The van der Waals surface area contributed by atoms with Gasteiger partial charge < -0.3 is 9.84 Å². The SMILES string of the molecule is O=C(Nc1cccc(-c2noc(C3CC3)n2)c1)c1ccc(Cl)c(Cl)c1. The number of anilines is 1. The molecule has 1 heterocycles. The van der Waals surface area contributed by atoms with Crippen LogP contribution in [0.5, 0.6) is 0 Å². The Hall–Kier alpha value is -2.37. The largest absolute Gasteiger partial charge is 0.339 e. The van der Waals surface area contributed by atoms with E-state index in [4.69, 9.17) is 27.7 Å². The van der Waals surface area contributed by atoms with Gasteiger partial charge in [0.1, 0.15) is 0 Å². The molecule has 0 atom stereocenters. The molecule has 0 radical (unpaired) electrons. The minimum absolute atomic E-state index is 0.275. The average molecular weight is 374 g/mol. The molecule has 0 unspecified atom stereocenters. The lowest BCUT2D eigenvalue weighted by Crippen LogP contribution is -2.11. The number of hydrogen-bond acceptors (Lipinski definition) is 4. The summed E-state index contributed by atoms with van der Waals surface area (Å²) in [4.78, 5) is 16.8. The Morgan fingerprint density at radius 3 is 2.72 bits per heavy atom. The van der Waals surface area contributed by atoms with E-state index in [-0.39, 0.29) is 5.91 Å². The molecule has 126 valence electrons. The smallest absolute Gasteiger partial charge is 0.255 e. The van der Waals surface area contributed by atoms with Crippen LogP contribution in [0.25, 0.3) is 11.4 Å². The van der Waals surface area contributed by atoms with Crippen molar-refractivity contribution in [2.75, 3.05) is 5.32 Å². The molecule has 7 heteroatoms. The first-order chi connectivity index (χ1) is 12.1. The first-order valence-corrected chi connectivity index (χ1v) is 8.56. The van der Waals surface area contributed by atoms with E-state index in [1.54, 1.807) is 24.3 Å². The van der Waals surface area contributed by atoms with Crippen molar-refractivity contribution < 1.29 is 9.32 Å². The zero-order chi connectivity index (χ0) is 17.4. The Labute approximate surface area is 154 Å². The minimum atomic E-state index is -0.275. The summed E-state index contributed by atoms with van der Waals surface area (Å²) in [5, 5.41) is 7.59. The molecule has 5 nitrogen and oxygen atoms in total. The van der Waals surface area contributed by atoms with Crippen LogP contribution in [0.1, 0.15) is 35.0 Å². The van der Waals surface area contributed by atoms with Crippen LogP contribution < -0.4 is 5.32 Å². The van der Waals surface area contributed by atoms with Gasteiger partial charge in [0.15, 0.2) is 0 Å². The lowest BCUT2D eigenvalue weighted by molar-refractivity contribution is 0.102. The molecular weight excluding hydrogens is 361 g/mol. The quantitative estimate of drug-likeness (QED) is 0.684. The zero-order valence-electron chi connectivity index (χ0n) is 13.0. The van der Waals surface area contributed by atoms with Crippen LogP contribution in [0.3, 0.4) is 0 Å². The maximum absolute atomic E-state index is 12.4. The second-order valence-electron chi connectivity index (χ2n) is 5.89. The highest BCUT2D eigenvalue weighted by Crippen LogP contribution is 2.39. The van der Waals surface area contributed by atoms with Crippen molar-refractivity contribution in [2.24, 2.45) is 0 Å². The lowest BCUT2D eigenvalue weighted by Gasteiger charge is -2.07. The fourth-order valence-electron chi connectivity index (χ4n) is 2.43. The maximum atomic E-state index is 12.4. The Morgan fingerprint density at radius 1 is 1.12 bits per heavy atom. The summed E-state index contributed by atoms with van der Waals surface area (Å²) in [6.07, 6.45) is 2.20. The molecule has 1 aromatic heterocycles. The van der Waals surface area contributed by atoms with Gasteiger partial charge in [-0.3, -0.25) is 4.79 Å². The Kier molecular flexibility index (Phi) is 4.19. The van der Waals surface area contributed by atoms with Gasteiger partial charge in [-0.15, -0.1) is 0 Å². The third-order valence-electron chi connectivity index (χ3n) is 3.93. The molecule has 0 spiro atoms. The molecule has 1 aliphatic rings. The zero-order valence-corrected chi connectivity index (χ0v) is 14.5. The molecule has 1 aliphatic carbocycles. The van der Waals surface area contributed by atoms with Crippen molar-refractivity contribution in [3.05, 3.63) is 64.0 Å². The molecule has 1 saturated carbocycles. The number of nitrogens with one attached hydrogen (secondary N) is 1. The molecule has 0 bridgehead atoms. The minimum Gasteiger partial charge on any atom is -0.339 e. The van der Waals surface area contributed by atoms with Gasteiger partial charge in [-0.2, -0.15) is 4.98 Å². The van der Waals surface area contributed by atoms with Crippen molar-refractivity contribution in [2.45, 2.75) is 18.8 Å². The molecule has 4 rings (SSSR count). The summed E-state index contributed by atoms with van der Waals surface area (Å²) in [5.74, 6) is 1.33. The van der Waals surface area contributed by atoms with E-state index >= 15 is 0 Å². The van der Waals surface area contributed by atoms with E-state index in [9.17, 15) is 4.79 Å². The van der Waals surface area contributed by atoms with E-state index in [0.717, 1.165) is 18.4 Å². The van der Waals surface area contributed by atoms with E-state index in [2.05, 4.69) is 15.5 Å². The fraction of sp³-hybridized carbons (Fsp3) is 0.167. The first-order valence-electron chi connectivity index (χ1n) is 7.80. The number of amides is 1. The van der Waals surface area contributed by atoms with Crippen LogP contribution in [0.2, 0.25) is 10.0 Å². The maximum Gasteiger partial charge on any atom is 0.255 e. The number of rotatable bonds is 4. The van der Waals surface area contributed by atoms with Gasteiger partial charge in [0, 0.05) is 22.7 Å². The van der Waals surface area contributed by atoms with Crippen LogP contribution in [-0.4, -0.2) is 16.0 Å². The van der Waals surface area contributed by atoms with Gasteiger partial charge >= 0.3 is 0 Å². The van der Waals surface area contributed by atoms with Gasteiger partial charge in [0.05, 0.1) is 10.0 Å². The number of carbonyl (C=O) groups is 1.